The highest BCUT2D eigenvalue weighted by molar-refractivity contribution is 4.86. The quantitative estimate of drug-likeness (QED) is 0.625. The van der Waals surface area contributed by atoms with Crippen LogP contribution in [-0.2, 0) is 4.74 Å². The molecule has 4 heteroatoms. The van der Waals surface area contributed by atoms with Crippen LogP contribution < -0.4 is 0 Å². The second-order valence-corrected chi connectivity index (χ2v) is 5.05. The van der Waals surface area contributed by atoms with E-state index in [4.69, 9.17) is 4.74 Å². The summed E-state index contributed by atoms with van der Waals surface area (Å²) in [6.45, 7) is 9.48. The van der Waals surface area contributed by atoms with Gasteiger partial charge in [0.2, 0.25) is 0 Å². The van der Waals surface area contributed by atoms with Crippen LogP contribution in [0.1, 0.15) is 27.7 Å². The lowest BCUT2D eigenvalue weighted by atomic mass is 10.0. The Morgan fingerprint density at radius 3 is 2.40 bits per heavy atom. The third-order valence-electron chi connectivity index (χ3n) is 3.09. The summed E-state index contributed by atoms with van der Waals surface area (Å²) in [5, 5.41) is 19.1. The van der Waals surface area contributed by atoms with E-state index < -0.39 is 17.8 Å². The van der Waals surface area contributed by atoms with E-state index in [0.717, 1.165) is 6.54 Å². The van der Waals surface area contributed by atoms with Gasteiger partial charge in [-0.15, -0.1) is 0 Å². The van der Waals surface area contributed by atoms with Gasteiger partial charge >= 0.3 is 0 Å². The van der Waals surface area contributed by atoms with E-state index in [0.29, 0.717) is 12.6 Å². The van der Waals surface area contributed by atoms with Gasteiger partial charge in [-0.05, 0) is 27.7 Å². The summed E-state index contributed by atoms with van der Waals surface area (Å²) >= 11 is 0. The maximum absolute atomic E-state index is 9.67. The maximum atomic E-state index is 9.67. The van der Waals surface area contributed by atoms with Gasteiger partial charge in [-0.1, -0.05) is 0 Å². The van der Waals surface area contributed by atoms with Crippen molar-refractivity contribution in [2.75, 3.05) is 19.7 Å². The molecule has 1 aliphatic heterocycles. The van der Waals surface area contributed by atoms with E-state index in [9.17, 15) is 10.2 Å². The highest BCUT2D eigenvalue weighted by Gasteiger charge is 2.32. The van der Waals surface area contributed by atoms with Gasteiger partial charge in [0.15, 0.2) is 0 Å². The molecule has 4 atom stereocenters. The molecule has 0 amide bonds. The molecule has 90 valence electrons. The molecule has 0 aliphatic carbocycles. The highest BCUT2D eigenvalue weighted by Crippen LogP contribution is 2.18. The van der Waals surface area contributed by atoms with Crippen LogP contribution in [0.25, 0.3) is 0 Å². The molecule has 2 N–H and O–H groups in total. The molecule has 0 aromatic carbocycles. The molecule has 0 bridgehead atoms. The monoisotopic (exact) mass is 217 g/mol. The van der Waals surface area contributed by atoms with Gasteiger partial charge in [0.1, 0.15) is 0 Å². The zero-order valence-corrected chi connectivity index (χ0v) is 10.1. The highest BCUT2D eigenvalue weighted by atomic mass is 16.5. The van der Waals surface area contributed by atoms with Crippen LogP contribution in [0.5, 0.6) is 0 Å². The number of nitrogens with zero attached hydrogens (tertiary/aromatic N) is 1. The van der Waals surface area contributed by atoms with Crippen molar-refractivity contribution in [3.63, 3.8) is 0 Å². The first-order valence-corrected chi connectivity index (χ1v) is 5.57. The van der Waals surface area contributed by atoms with Gasteiger partial charge in [-0.25, -0.2) is 0 Å². The van der Waals surface area contributed by atoms with Gasteiger partial charge in [0.25, 0.3) is 0 Å². The van der Waals surface area contributed by atoms with Crippen molar-refractivity contribution < 1.29 is 14.9 Å². The standard InChI is InChI=1S/C11H23NO3/c1-8-5-12(8)6-10(14)7-15-11(3,4)9(2)13/h8-10,13-14H,5-7H2,1-4H3. The fourth-order valence-corrected chi connectivity index (χ4v) is 1.30. The lowest BCUT2D eigenvalue weighted by Crippen LogP contribution is -2.40. The Labute approximate surface area is 91.8 Å². The molecule has 4 unspecified atom stereocenters. The van der Waals surface area contributed by atoms with Crippen LogP contribution in [0.15, 0.2) is 0 Å². The number of aliphatic hydroxyl groups is 2. The Hall–Kier alpha value is -0.160. The second-order valence-electron chi connectivity index (χ2n) is 5.05. The summed E-state index contributed by atoms with van der Waals surface area (Å²) in [4.78, 5) is 2.18. The van der Waals surface area contributed by atoms with Gasteiger partial charge in [0, 0.05) is 19.1 Å². The van der Waals surface area contributed by atoms with Crippen molar-refractivity contribution in [3.8, 4) is 0 Å². The van der Waals surface area contributed by atoms with E-state index in [2.05, 4.69) is 11.8 Å². The minimum absolute atomic E-state index is 0.279. The van der Waals surface area contributed by atoms with Crippen LogP contribution >= 0.6 is 0 Å². The molecule has 0 aromatic heterocycles. The van der Waals surface area contributed by atoms with E-state index >= 15 is 0 Å². The molecule has 1 fully saturated rings. The van der Waals surface area contributed by atoms with Gasteiger partial charge < -0.3 is 14.9 Å². The summed E-state index contributed by atoms with van der Waals surface area (Å²) in [7, 11) is 0. The largest absolute Gasteiger partial charge is 0.390 e. The van der Waals surface area contributed by atoms with E-state index in [1.54, 1.807) is 6.92 Å². The smallest absolute Gasteiger partial charge is 0.0900 e. The summed E-state index contributed by atoms with van der Waals surface area (Å²) < 4.78 is 5.49. The summed E-state index contributed by atoms with van der Waals surface area (Å²) in [6.07, 6.45) is -1.00. The van der Waals surface area contributed by atoms with Crippen molar-refractivity contribution in [2.45, 2.75) is 51.5 Å². The predicted molar refractivity (Wildman–Crippen MR) is 58.8 cm³/mol. The SMILES string of the molecule is CC1CN1CC(O)COC(C)(C)C(C)O. The van der Waals surface area contributed by atoms with Crippen molar-refractivity contribution in [1.29, 1.82) is 0 Å². The van der Waals surface area contributed by atoms with Crippen LogP contribution in [-0.4, -0.2) is 58.7 Å². The first-order chi connectivity index (χ1) is 6.83. The fraction of sp³-hybridized carbons (Fsp3) is 1.00. The summed E-state index contributed by atoms with van der Waals surface area (Å²) in [6, 6.07) is 0.601. The molecule has 0 aromatic rings. The molecule has 0 spiro atoms. The van der Waals surface area contributed by atoms with Gasteiger partial charge in [0.05, 0.1) is 24.4 Å². The molecule has 4 nitrogen and oxygen atoms in total. The third kappa shape index (κ3) is 4.07. The summed E-state index contributed by atoms with van der Waals surface area (Å²) in [5.74, 6) is 0. The first kappa shape index (κ1) is 12.9. The van der Waals surface area contributed by atoms with Crippen molar-refractivity contribution >= 4 is 0 Å². The number of rotatable bonds is 6. The fourth-order valence-electron chi connectivity index (χ4n) is 1.30. The lowest BCUT2D eigenvalue weighted by molar-refractivity contribution is -0.116. The molecule has 1 aliphatic rings. The maximum Gasteiger partial charge on any atom is 0.0900 e. The molecule has 0 saturated carbocycles. The number of aliphatic hydroxyl groups excluding tert-OH is 2. The van der Waals surface area contributed by atoms with Crippen LogP contribution in [0, 0.1) is 0 Å². The number of hydrogen-bond acceptors (Lipinski definition) is 4. The Bertz CT molecular complexity index is 206. The zero-order chi connectivity index (χ0) is 11.6. The number of ether oxygens (including phenoxy) is 1. The van der Waals surface area contributed by atoms with Crippen LogP contribution in [0.4, 0.5) is 0 Å². The minimum Gasteiger partial charge on any atom is -0.390 e. The van der Waals surface area contributed by atoms with Crippen molar-refractivity contribution in [3.05, 3.63) is 0 Å². The van der Waals surface area contributed by atoms with Crippen molar-refractivity contribution in [2.24, 2.45) is 0 Å². The molecule has 1 heterocycles. The van der Waals surface area contributed by atoms with Gasteiger partial charge in [-0.2, -0.15) is 0 Å². The third-order valence-corrected chi connectivity index (χ3v) is 3.09. The second kappa shape index (κ2) is 4.78. The minimum atomic E-state index is -0.592. The Morgan fingerprint density at radius 1 is 1.47 bits per heavy atom. The first-order valence-electron chi connectivity index (χ1n) is 5.57. The summed E-state index contributed by atoms with van der Waals surface area (Å²) in [5.41, 5.74) is -0.592. The van der Waals surface area contributed by atoms with Gasteiger partial charge in [-0.3, -0.25) is 4.90 Å². The Morgan fingerprint density at radius 2 is 2.00 bits per heavy atom. The van der Waals surface area contributed by atoms with Crippen molar-refractivity contribution in [1.82, 2.24) is 4.90 Å². The Kier molecular flexibility index (Phi) is 4.12. The molecule has 15 heavy (non-hydrogen) atoms. The van der Waals surface area contributed by atoms with E-state index in [1.165, 1.54) is 0 Å². The van der Waals surface area contributed by atoms with E-state index in [1.807, 2.05) is 13.8 Å². The number of hydrogen-bond donors (Lipinski definition) is 2. The zero-order valence-electron chi connectivity index (χ0n) is 10.1. The molecular formula is C11H23NO3. The molecule has 0 radical (unpaired) electrons. The van der Waals surface area contributed by atoms with E-state index in [-0.39, 0.29) is 6.61 Å². The molecule has 1 rings (SSSR count). The topological polar surface area (TPSA) is 52.7 Å². The Balaban J connectivity index is 2.18. The molecular weight excluding hydrogens is 194 g/mol. The predicted octanol–water partition coefficient (Wildman–Crippen LogP) is 0.227. The molecule has 1 saturated heterocycles. The average molecular weight is 217 g/mol. The average Bonchev–Trinajstić information content (AvgIpc) is 2.78. The van der Waals surface area contributed by atoms with Crippen LogP contribution in [0.3, 0.4) is 0 Å². The van der Waals surface area contributed by atoms with Crippen LogP contribution in [0.2, 0.25) is 0 Å². The normalized spacial score (nSPS) is 30.0. The number of β-amino-alcohol motifs (C(OH)–C–C–N with tert-alkyl or cyclic N) is 1. The lowest BCUT2D eigenvalue weighted by Gasteiger charge is -2.29.